The Kier molecular flexibility index (Phi) is 3.96. The first-order valence-electron chi connectivity index (χ1n) is 6.26. The van der Waals surface area contributed by atoms with Crippen LogP contribution in [0.25, 0.3) is 0 Å². The van der Waals surface area contributed by atoms with Crippen LogP contribution in [-0.4, -0.2) is 28.8 Å². The van der Waals surface area contributed by atoms with Crippen molar-refractivity contribution in [2.24, 2.45) is 0 Å². The van der Waals surface area contributed by atoms with Gasteiger partial charge in [-0.25, -0.2) is 0 Å². The molecule has 0 aromatic heterocycles. The number of nitriles is 1. The second-order valence-electron chi connectivity index (χ2n) is 4.90. The van der Waals surface area contributed by atoms with Crippen LogP contribution in [0.2, 0.25) is 5.02 Å². The number of carbonyl (C=O) groups excluding carboxylic acids is 2. The first-order valence-corrected chi connectivity index (χ1v) is 6.64. The topological polar surface area (TPSA) is 73.2 Å². The van der Waals surface area contributed by atoms with Crippen molar-refractivity contribution in [2.45, 2.75) is 32.4 Å². The standard InChI is InChI=1S/C14H14ClN3O2/c1-8(2)18-13(19)6-12(14(18)20)17-11-4-3-9(7-16)5-10(11)15/h3-5,8,12,17H,6H2,1-2H3. The molecule has 2 amide bonds. The van der Waals surface area contributed by atoms with Gasteiger partial charge >= 0.3 is 0 Å². The number of halogens is 1. The van der Waals surface area contributed by atoms with E-state index in [4.69, 9.17) is 16.9 Å². The summed E-state index contributed by atoms with van der Waals surface area (Å²) in [6.45, 7) is 3.60. The number of imide groups is 1. The van der Waals surface area contributed by atoms with Gasteiger partial charge in [-0.2, -0.15) is 5.26 Å². The molecule has 0 bridgehead atoms. The normalized spacial score (nSPS) is 18.6. The highest BCUT2D eigenvalue weighted by atomic mass is 35.5. The number of benzene rings is 1. The number of hydrogen-bond acceptors (Lipinski definition) is 4. The molecule has 0 aliphatic carbocycles. The van der Waals surface area contributed by atoms with Crippen molar-refractivity contribution in [3.05, 3.63) is 28.8 Å². The lowest BCUT2D eigenvalue weighted by Crippen LogP contribution is -2.39. The first kappa shape index (κ1) is 14.4. The number of hydrogen-bond donors (Lipinski definition) is 1. The van der Waals surface area contributed by atoms with Gasteiger partial charge in [0.15, 0.2) is 0 Å². The van der Waals surface area contributed by atoms with E-state index in [2.05, 4.69) is 5.32 Å². The van der Waals surface area contributed by atoms with E-state index in [0.717, 1.165) is 0 Å². The lowest BCUT2D eigenvalue weighted by molar-refractivity contribution is -0.140. The van der Waals surface area contributed by atoms with Crippen LogP contribution in [0.5, 0.6) is 0 Å². The molecule has 1 saturated heterocycles. The van der Waals surface area contributed by atoms with Crippen LogP contribution in [0.15, 0.2) is 18.2 Å². The van der Waals surface area contributed by atoms with Crippen LogP contribution in [0.3, 0.4) is 0 Å². The van der Waals surface area contributed by atoms with Crippen LogP contribution in [-0.2, 0) is 9.59 Å². The van der Waals surface area contributed by atoms with Crippen LogP contribution >= 0.6 is 11.6 Å². The molecule has 5 nitrogen and oxygen atoms in total. The molecule has 6 heteroatoms. The van der Waals surface area contributed by atoms with E-state index in [-0.39, 0.29) is 24.3 Å². The summed E-state index contributed by atoms with van der Waals surface area (Å²) in [7, 11) is 0. The van der Waals surface area contributed by atoms with Crippen molar-refractivity contribution in [1.29, 1.82) is 5.26 Å². The molecule has 1 heterocycles. The smallest absolute Gasteiger partial charge is 0.252 e. The highest BCUT2D eigenvalue weighted by Gasteiger charge is 2.40. The third kappa shape index (κ3) is 2.61. The Hall–Kier alpha value is -2.06. The van der Waals surface area contributed by atoms with E-state index < -0.39 is 6.04 Å². The summed E-state index contributed by atoms with van der Waals surface area (Å²) in [5, 5.41) is 12.1. The van der Waals surface area contributed by atoms with Gasteiger partial charge in [-0.15, -0.1) is 0 Å². The van der Waals surface area contributed by atoms with E-state index in [1.165, 1.54) is 11.0 Å². The van der Waals surface area contributed by atoms with Gasteiger partial charge in [0, 0.05) is 6.04 Å². The number of amides is 2. The van der Waals surface area contributed by atoms with Crippen molar-refractivity contribution in [3.8, 4) is 6.07 Å². The van der Waals surface area contributed by atoms with Gasteiger partial charge in [-0.05, 0) is 32.0 Å². The van der Waals surface area contributed by atoms with Gasteiger partial charge in [-0.3, -0.25) is 14.5 Å². The van der Waals surface area contributed by atoms with Crippen molar-refractivity contribution < 1.29 is 9.59 Å². The average molecular weight is 292 g/mol. The SMILES string of the molecule is CC(C)N1C(=O)CC(Nc2ccc(C#N)cc2Cl)C1=O. The molecule has 0 radical (unpaired) electrons. The average Bonchev–Trinajstić information content (AvgIpc) is 2.66. The summed E-state index contributed by atoms with van der Waals surface area (Å²) >= 11 is 6.05. The molecule has 1 atom stereocenters. The van der Waals surface area contributed by atoms with Gasteiger partial charge in [0.05, 0.1) is 28.8 Å². The number of nitrogens with zero attached hydrogens (tertiary/aromatic N) is 2. The fourth-order valence-electron chi connectivity index (χ4n) is 2.20. The van der Waals surface area contributed by atoms with Crippen molar-refractivity contribution in [3.63, 3.8) is 0 Å². The second kappa shape index (κ2) is 5.51. The predicted molar refractivity (Wildman–Crippen MR) is 75.2 cm³/mol. The Morgan fingerprint density at radius 2 is 2.15 bits per heavy atom. The molecule has 1 aliphatic rings. The maximum Gasteiger partial charge on any atom is 0.252 e. The number of nitrogens with one attached hydrogen (secondary N) is 1. The van der Waals surface area contributed by atoms with Crippen LogP contribution in [0.4, 0.5) is 5.69 Å². The Labute approximate surface area is 122 Å². The molecule has 2 rings (SSSR count). The maximum absolute atomic E-state index is 12.1. The summed E-state index contributed by atoms with van der Waals surface area (Å²) in [5.74, 6) is -0.433. The molecule has 1 aliphatic heterocycles. The third-order valence-electron chi connectivity index (χ3n) is 3.13. The molecule has 20 heavy (non-hydrogen) atoms. The maximum atomic E-state index is 12.1. The Morgan fingerprint density at radius 1 is 1.45 bits per heavy atom. The molecule has 1 fully saturated rings. The minimum absolute atomic E-state index is 0.118. The summed E-state index contributed by atoms with van der Waals surface area (Å²) in [5.41, 5.74) is 0.987. The van der Waals surface area contributed by atoms with E-state index in [0.29, 0.717) is 16.3 Å². The first-order chi connectivity index (χ1) is 9.43. The summed E-state index contributed by atoms with van der Waals surface area (Å²) in [6, 6.07) is 5.99. The van der Waals surface area contributed by atoms with Gasteiger partial charge in [-0.1, -0.05) is 11.6 Å². The molecule has 1 aromatic carbocycles. The highest BCUT2D eigenvalue weighted by Crippen LogP contribution is 2.26. The molecule has 1 unspecified atom stereocenters. The molecule has 1 N–H and O–H groups in total. The number of rotatable bonds is 3. The van der Waals surface area contributed by atoms with Gasteiger partial charge in [0.1, 0.15) is 6.04 Å². The summed E-state index contributed by atoms with van der Waals surface area (Å²) in [6.07, 6.45) is 0.118. The Balaban J connectivity index is 2.18. The third-order valence-corrected chi connectivity index (χ3v) is 3.44. The zero-order chi connectivity index (χ0) is 14.9. The fourth-order valence-corrected chi connectivity index (χ4v) is 2.43. The van der Waals surface area contributed by atoms with Gasteiger partial charge < -0.3 is 5.32 Å². The molecule has 0 spiro atoms. The largest absolute Gasteiger partial charge is 0.372 e. The second-order valence-corrected chi connectivity index (χ2v) is 5.31. The van der Waals surface area contributed by atoms with E-state index in [1.807, 2.05) is 6.07 Å². The van der Waals surface area contributed by atoms with Crippen molar-refractivity contribution >= 4 is 29.1 Å². The van der Waals surface area contributed by atoms with Gasteiger partial charge in [0.2, 0.25) is 5.91 Å². The Bertz CT molecular complexity index is 607. The lowest BCUT2D eigenvalue weighted by Gasteiger charge is -2.19. The summed E-state index contributed by atoms with van der Waals surface area (Å²) in [4.78, 5) is 25.2. The zero-order valence-corrected chi connectivity index (χ0v) is 11.9. The number of carbonyl (C=O) groups is 2. The minimum atomic E-state index is -0.602. The van der Waals surface area contributed by atoms with Crippen molar-refractivity contribution in [2.75, 3.05) is 5.32 Å². The van der Waals surface area contributed by atoms with Crippen LogP contribution in [0.1, 0.15) is 25.8 Å². The molecule has 1 aromatic rings. The summed E-state index contributed by atoms with van der Waals surface area (Å²) < 4.78 is 0. The van der Waals surface area contributed by atoms with E-state index in [1.54, 1.807) is 26.0 Å². The fraction of sp³-hybridized carbons (Fsp3) is 0.357. The quantitative estimate of drug-likeness (QED) is 0.866. The molecular formula is C14H14ClN3O2. The lowest BCUT2D eigenvalue weighted by atomic mass is 10.2. The van der Waals surface area contributed by atoms with E-state index in [9.17, 15) is 9.59 Å². The van der Waals surface area contributed by atoms with Gasteiger partial charge in [0.25, 0.3) is 5.91 Å². The highest BCUT2D eigenvalue weighted by molar-refractivity contribution is 6.33. The Morgan fingerprint density at radius 3 is 2.65 bits per heavy atom. The molecular weight excluding hydrogens is 278 g/mol. The van der Waals surface area contributed by atoms with Crippen LogP contribution < -0.4 is 5.32 Å². The molecule has 104 valence electrons. The monoisotopic (exact) mass is 291 g/mol. The predicted octanol–water partition coefficient (Wildman–Crippen LogP) is 2.16. The number of likely N-dealkylation sites (tertiary alicyclic amines) is 1. The van der Waals surface area contributed by atoms with Crippen LogP contribution in [0, 0.1) is 11.3 Å². The van der Waals surface area contributed by atoms with E-state index >= 15 is 0 Å². The molecule has 0 saturated carbocycles. The number of anilines is 1. The minimum Gasteiger partial charge on any atom is -0.372 e. The zero-order valence-electron chi connectivity index (χ0n) is 11.2. The van der Waals surface area contributed by atoms with Crippen molar-refractivity contribution in [1.82, 2.24) is 4.90 Å².